The second-order valence-electron chi connectivity index (χ2n) is 4.99. The molecule has 0 aromatic carbocycles. The Labute approximate surface area is 108 Å². The van der Waals surface area contributed by atoms with E-state index in [0.717, 1.165) is 37.4 Å². The molecule has 1 aliphatic rings. The third kappa shape index (κ3) is 3.10. The Morgan fingerprint density at radius 3 is 2.67 bits per heavy atom. The third-order valence-corrected chi connectivity index (χ3v) is 3.48. The maximum Gasteiger partial charge on any atom is 0.131 e. The minimum atomic E-state index is -0.184. The lowest BCUT2D eigenvalue weighted by atomic mass is 9.99. The molecule has 5 heteroatoms. The Hall–Kier alpha value is -1.36. The highest BCUT2D eigenvalue weighted by Crippen LogP contribution is 2.32. The molecule has 0 saturated heterocycles. The second kappa shape index (κ2) is 6.00. The van der Waals surface area contributed by atoms with Crippen molar-refractivity contribution in [2.24, 2.45) is 0 Å². The van der Waals surface area contributed by atoms with Gasteiger partial charge < -0.3 is 15.7 Å². The van der Waals surface area contributed by atoms with Crippen LogP contribution in [0.2, 0.25) is 0 Å². The van der Waals surface area contributed by atoms with Crippen molar-refractivity contribution in [3.05, 3.63) is 12.4 Å². The zero-order valence-corrected chi connectivity index (χ0v) is 10.9. The van der Waals surface area contributed by atoms with Crippen molar-refractivity contribution in [2.45, 2.75) is 44.6 Å². The summed E-state index contributed by atoms with van der Waals surface area (Å²) in [6.45, 7) is 3.18. The van der Waals surface area contributed by atoms with Gasteiger partial charge in [-0.15, -0.1) is 0 Å². The summed E-state index contributed by atoms with van der Waals surface area (Å²) in [5.74, 6) is 1.62. The van der Waals surface area contributed by atoms with E-state index in [2.05, 4.69) is 27.5 Å². The summed E-state index contributed by atoms with van der Waals surface area (Å²) < 4.78 is 0. The number of nitrogens with one attached hydrogen (secondary N) is 2. The molecular weight excluding hydrogens is 228 g/mol. The van der Waals surface area contributed by atoms with Gasteiger partial charge in [0.1, 0.15) is 18.0 Å². The first kappa shape index (κ1) is 13.1. The highest BCUT2D eigenvalue weighted by molar-refractivity contribution is 5.48. The van der Waals surface area contributed by atoms with Crippen LogP contribution in [-0.4, -0.2) is 33.8 Å². The lowest BCUT2D eigenvalue weighted by Gasteiger charge is -2.28. The van der Waals surface area contributed by atoms with Crippen LogP contribution in [0.1, 0.15) is 39.0 Å². The van der Waals surface area contributed by atoms with E-state index < -0.39 is 0 Å². The lowest BCUT2D eigenvalue weighted by Crippen LogP contribution is -2.39. The number of nitrogens with zero attached hydrogens (tertiary/aromatic N) is 2. The summed E-state index contributed by atoms with van der Waals surface area (Å²) in [7, 11) is 0. The standard InChI is InChI=1S/C13H22N4O/c1-2-7-14-11-8-12(16-10-15-11)17-13(9-18)5-3-4-6-13/h8,10,18H,2-7,9H2,1H3,(H2,14,15,16,17). The van der Waals surface area contributed by atoms with Gasteiger partial charge in [-0.05, 0) is 19.3 Å². The monoisotopic (exact) mass is 250 g/mol. The van der Waals surface area contributed by atoms with E-state index in [9.17, 15) is 5.11 Å². The summed E-state index contributed by atoms with van der Waals surface area (Å²) in [5, 5.41) is 16.2. The predicted molar refractivity (Wildman–Crippen MR) is 72.7 cm³/mol. The Morgan fingerprint density at radius 2 is 2.00 bits per heavy atom. The van der Waals surface area contributed by atoms with Gasteiger partial charge in [0.15, 0.2) is 0 Å². The molecule has 1 saturated carbocycles. The topological polar surface area (TPSA) is 70.1 Å². The molecule has 0 amide bonds. The van der Waals surface area contributed by atoms with Crippen molar-refractivity contribution in [3.63, 3.8) is 0 Å². The Kier molecular flexibility index (Phi) is 4.36. The van der Waals surface area contributed by atoms with Gasteiger partial charge in [-0.25, -0.2) is 9.97 Å². The van der Waals surface area contributed by atoms with Gasteiger partial charge in [-0.2, -0.15) is 0 Å². The minimum absolute atomic E-state index is 0.161. The van der Waals surface area contributed by atoms with E-state index in [1.54, 1.807) is 6.33 Å². The number of anilines is 2. The molecule has 0 unspecified atom stereocenters. The maximum absolute atomic E-state index is 9.57. The molecule has 3 N–H and O–H groups in total. The molecule has 0 aliphatic heterocycles. The quantitative estimate of drug-likeness (QED) is 0.720. The fraction of sp³-hybridized carbons (Fsp3) is 0.692. The van der Waals surface area contributed by atoms with Crippen molar-refractivity contribution < 1.29 is 5.11 Å². The zero-order valence-electron chi connectivity index (χ0n) is 10.9. The summed E-state index contributed by atoms with van der Waals surface area (Å²) >= 11 is 0. The molecule has 1 heterocycles. The molecule has 1 aromatic rings. The van der Waals surface area contributed by atoms with Crippen molar-refractivity contribution >= 4 is 11.6 Å². The highest BCUT2D eigenvalue weighted by atomic mass is 16.3. The number of hydrogen-bond acceptors (Lipinski definition) is 5. The number of aromatic nitrogens is 2. The van der Waals surface area contributed by atoms with Crippen LogP contribution in [0.25, 0.3) is 0 Å². The summed E-state index contributed by atoms with van der Waals surface area (Å²) in [6.07, 6.45) is 6.96. The van der Waals surface area contributed by atoms with Crippen LogP contribution in [0.3, 0.4) is 0 Å². The van der Waals surface area contributed by atoms with E-state index in [1.165, 1.54) is 12.8 Å². The van der Waals surface area contributed by atoms with Gasteiger partial charge >= 0.3 is 0 Å². The first-order valence-electron chi connectivity index (χ1n) is 6.73. The lowest BCUT2D eigenvalue weighted by molar-refractivity contribution is 0.214. The Morgan fingerprint density at radius 1 is 1.28 bits per heavy atom. The molecule has 5 nitrogen and oxygen atoms in total. The fourth-order valence-electron chi connectivity index (χ4n) is 2.42. The van der Waals surface area contributed by atoms with Crippen LogP contribution in [0.15, 0.2) is 12.4 Å². The smallest absolute Gasteiger partial charge is 0.131 e. The number of aliphatic hydroxyl groups excluding tert-OH is 1. The second-order valence-corrected chi connectivity index (χ2v) is 4.99. The van der Waals surface area contributed by atoms with Crippen LogP contribution in [-0.2, 0) is 0 Å². The van der Waals surface area contributed by atoms with E-state index >= 15 is 0 Å². The normalized spacial score (nSPS) is 17.7. The van der Waals surface area contributed by atoms with Crippen LogP contribution in [0.5, 0.6) is 0 Å². The van der Waals surface area contributed by atoms with Gasteiger partial charge in [0, 0.05) is 12.6 Å². The number of rotatable bonds is 6. The number of hydrogen-bond donors (Lipinski definition) is 3. The molecule has 1 aliphatic carbocycles. The predicted octanol–water partition coefficient (Wildman–Crippen LogP) is 2.02. The zero-order chi connectivity index (χ0) is 12.8. The van der Waals surface area contributed by atoms with Crippen molar-refractivity contribution in [1.29, 1.82) is 0 Å². The van der Waals surface area contributed by atoms with Crippen molar-refractivity contribution in [2.75, 3.05) is 23.8 Å². The molecule has 1 fully saturated rings. The molecule has 0 spiro atoms. The van der Waals surface area contributed by atoms with Crippen LogP contribution in [0.4, 0.5) is 11.6 Å². The van der Waals surface area contributed by atoms with E-state index in [0.29, 0.717) is 0 Å². The molecule has 18 heavy (non-hydrogen) atoms. The molecule has 100 valence electrons. The maximum atomic E-state index is 9.57. The molecule has 1 aromatic heterocycles. The van der Waals surface area contributed by atoms with Crippen LogP contribution in [0, 0.1) is 0 Å². The van der Waals surface area contributed by atoms with Gasteiger partial charge in [0.2, 0.25) is 0 Å². The average Bonchev–Trinajstić information content (AvgIpc) is 2.86. The highest BCUT2D eigenvalue weighted by Gasteiger charge is 2.33. The number of aliphatic hydroxyl groups is 1. The first-order chi connectivity index (χ1) is 8.78. The summed E-state index contributed by atoms with van der Waals surface area (Å²) in [4.78, 5) is 8.41. The summed E-state index contributed by atoms with van der Waals surface area (Å²) in [6, 6.07) is 1.91. The van der Waals surface area contributed by atoms with Crippen molar-refractivity contribution in [1.82, 2.24) is 9.97 Å². The third-order valence-electron chi connectivity index (χ3n) is 3.48. The molecular formula is C13H22N4O. The average molecular weight is 250 g/mol. The molecule has 0 bridgehead atoms. The van der Waals surface area contributed by atoms with E-state index in [1.807, 2.05) is 6.07 Å². The first-order valence-corrected chi connectivity index (χ1v) is 6.73. The van der Waals surface area contributed by atoms with Crippen LogP contribution >= 0.6 is 0 Å². The van der Waals surface area contributed by atoms with Crippen molar-refractivity contribution in [3.8, 4) is 0 Å². The van der Waals surface area contributed by atoms with Crippen LogP contribution < -0.4 is 10.6 Å². The van der Waals surface area contributed by atoms with E-state index in [4.69, 9.17) is 0 Å². The molecule has 0 radical (unpaired) electrons. The molecule has 0 atom stereocenters. The minimum Gasteiger partial charge on any atom is -0.394 e. The Balaban J connectivity index is 2.04. The van der Waals surface area contributed by atoms with Gasteiger partial charge in [-0.3, -0.25) is 0 Å². The summed E-state index contributed by atoms with van der Waals surface area (Å²) in [5.41, 5.74) is -0.184. The fourth-order valence-corrected chi connectivity index (χ4v) is 2.42. The molecule has 2 rings (SSSR count). The van der Waals surface area contributed by atoms with Gasteiger partial charge in [-0.1, -0.05) is 19.8 Å². The SMILES string of the molecule is CCCNc1cc(NC2(CO)CCCC2)ncn1. The van der Waals surface area contributed by atoms with Gasteiger partial charge in [0.25, 0.3) is 0 Å². The largest absolute Gasteiger partial charge is 0.394 e. The Bertz CT molecular complexity index is 377. The van der Waals surface area contributed by atoms with Gasteiger partial charge in [0.05, 0.1) is 12.1 Å². The van der Waals surface area contributed by atoms with E-state index in [-0.39, 0.29) is 12.1 Å².